The van der Waals surface area contributed by atoms with Crippen molar-refractivity contribution < 1.29 is 13.2 Å². The predicted octanol–water partition coefficient (Wildman–Crippen LogP) is 2.28. The molecule has 0 saturated carbocycles. The lowest BCUT2D eigenvalue weighted by atomic mass is 10.2. The molecule has 0 radical (unpaired) electrons. The Labute approximate surface area is 108 Å². The van der Waals surface area contributed by atoms with Crippen molar-refractivity contribution in [3.05, 3.63) is 41.9 Å². The Hall–Kier alpha value is -2.15. The van der Waals surface area contributed by atoms with Crippen LogP contribution >= 0.6 is 0 Å². The third-order valence-corrected chi connectivity index (χ3v) is 2.54. The molecule has 0 aliphatic heterocycles. The summed E-state index contributed by atoms with van der Waals surface area (Å²) in [5.41, 5.74) is 2.07. The number of nitrogens with one attached hydrogen (secondary N) is 2. The first-order valence-corrected chi connectivity index (χ1v) is 5.71. The highest BCUT2D eigenvalue weighted by atomic mass is 19.1. The molecule has 4 N–H and O–H groups in total. The van der Waals surface area contributed by atoms with Crippen molar-refractivity contribution in [3.8, 4) is 0 Å². The highest BCUT2D eigenvalue weighted by Crippen LogP contribution is 2.19. The molecule has 2 aromatic rings. The van der Waals surface area contributed by atoms with Gasteiger partial charge in [0.25, 0.3) is 0 Å². The fourth-order valence-electron chi connectivity index (χ4n) is 1.68. The van der Waals surface area contributed by atoms with Gasteiger partial charge in [-0.1, -0.05) is 0 Å². The summed E-state index contributed by atoms with van der Waals surface area (Å²) in [7, 11) is 0. The number of anilines is 2. The zero-order valence-electron chi connectivity index (χ0n) is 10.3. The molecule has 2 rings (SSSR count). The number of pyridine rings is 1. The summed E-state index contributed by atoms with van der Waals surface area (Å²) in [5.74, 6) is 3.96. The van der Waals surface area contributed by atoms with Crippen LogP contribution < -0.4 is 16.6 Å². The summed E-state index contributed by atoms with van der Waals surface area (Å²) in [6, 6.07) is 4.18. The summed E-state index contributed by atoms with van der Waals surface area (Å²) < 4.78 is 31.9. The van der Waals surface area contributed by atoms with Gasteiger partial charge in [-0.2, -0.15) is 0 Å². The molecule has 102 valence electrons. The maximum absolute atomic E-state index is 13.5. The SMILES string of the molecule is CC(Cc1ccco1)Nc1nc(NN)c(F)cc1F. The maximum Gasteiger partial charge on any atom is 0.178 e. The molecule has 0 aliphatic rings. The summed E-state index contributed by atoms with van der Waals surface area (Å²) >= 11 is 0. The van der Waals surface area contributed by atoms with Gasteiger partial charge in [0.2, 0.25) is 0 Å². The van der Waals surface area contributed by atoms with Crippen molar-refractivity contribution in [1.29, 1.82) is 0 Å². The summed E-state index contributed by atoms with van der Waals surface area (Å²) in [4.78, 5) is 3.73. The molecule has 1 atom stereocenters. The molecule has 2 heterocycles. The number of halogens is 2. The molecule has 7 heteroatoms. The van der Waals surface area contributed by atoms with Gasteiger partial charge in [0.15, 0.2) is 23.3 Å². The van der Waals surface area contributed by atoms with Crippen molar-refractivity contribution in [2.45, 2.75) is 19.4 Å². The molecule has 0 spiro atoms. The number of furan rings is 1. The van der Waals surface area contributed by atoms with Crippen LogP contribution in [0.5, 0.6) is 0 Å². The van der Waals surface area contributed by atoms with Crippen LogP contribution in [0, 0.1) is 11.6 Å². The average molecular weight is 268 g/mol. The van der Waals surface area contributed by atoms with Gasteiger partial charge in [-0.05, 0) is 19.1 Å². The average Bonchev–Trinajstić information content (AvgIpc) is 2.85. The van der Waals surface area contributed by atoms with E-state index in [1.54, 1.807) is 12.3 Å². The van der Waals surface area contributed by atoms with Crippen LogP contribution in [0.15, 0.2) is 28.9 Å². The van der Waals surface area contributed by atoms with Gasteiger partial charge >= 0.3 is 0 Å². The minimum Gasteiger partial charge on any atom is -0.469 e. The minimum absolute atomic E-state index is 0.0617. The van der Waals surface area contributed by atoms with E-state index in [-0.39, 0.29) is 17.7 Å². The molecule has 19 heavy (non-hydrogen) atoms. The third kappa shape index (κ3) is 3.19. The zero-order chi connectivity index (χ0) is 13.8. The fraction of sp³-hybridized carbons (Fsp3) is 0.250. The Morgan fingerprint density at radius 1 is 1.37 bits per heavy atom. The van der Waals surface area contributed by atoms with E-state index >= 15 is 0 Å². The van der Waals surface area contributed by atoms with E-state index in [1.807, 2.05) is 13.0 Å². The number of hydrogen-bond donors (Lipinski definition) is 3. The Morgan fingerprint density at radius 3 is 2.74 bits per heavy atom. The van der Waals surface area contributed by atoms with Gasteiger partial charge in [-0.15, -0.1) is 0 Å². The number of aromatic nitrogens is 1. The summed E-state index contributed by atoms with van der Waals surface area (Å²) in [5, 5.41) is 2.84. The van der Waals surface area contributed by atoms with Crippen molar-refractivity contribution in [3.63, 3.8) is 0 Å². The Bertz CT molecular complexity index is 545. The predicted molar refractivity (Wildman–Crippen MR) is 67.5 cm³/mol. The minimum atomic E-state index is -0.843. The van der Waals surface area contributed by atoms with Crippen molar-refractivity contribution >= 4 is 11.6 Å². The molecule has 0 aliphatic carbocycles. The second kappa shape index (κ2) is 5.66. The summed E-state index contributed by atoms with van der Waals surface area (Å²) in [6.45, 7) is 1.84. The summed E-state index contributed by atoms with van der Waals surface area (Å²) in [6.07, 6.45) is 2.12. The molecule has 2 aromatic heterocycles. The number of rotatable bonds is 5. The first kappa shape index (κ1) is 13.3. The quantitative estimate of drug-likeness (QED) is 0.573. The van der Waals surface area contributed by atoms with Gasteiger partial charge in [0.1, 0.15) is 5.76 Å². The molecular formula is C12H14F2N4O. The van der Waals surface area contributed by atoms with Gasteiger partial charge in [0.05, 0.1) is 6.26 Å². The van der Waals surface area contributed by atoms with Crippen LogP contribution in [0.1, 0.15) is 12.7 Å². The monoisotopic (exact) mass is 268 g/mol. The Balaban J connectivity index is 2.09. The Kier molecular flexibility index (Phi) is 3.96. The number of nitrogen functional groups attached to an aromatic ring is 1. The number of hydrazine groups is 1. The Morgan fingerprint density at radius 2 is 2.11 bits per heavy atom. The largest absolute Gasteiger partial charge is 0.469 e. The van der Waals surface area contributed by atoms with Gasteiger partial charge in [-0.25, -0.2) is 19.6 Å². The van der Waals surface area contributed by atoms with Gasteiger partial charge in [0, 0.05) is 18.5 Å². The lowest BCUT2D eigenvalue weighted by molar-refractivity contribution is 0.496. The number of nitrogens with zero attached hydrogens (tertiary/aromatic N) is 1. The topological polar surface area (TPSA) is 76.1 Å². The molecule has 0 amide bonds. The van der Waals surface area contributed by atoms with E-state index in [9.17, 15) is 8.78 Å². The van der Waals surface area contributed by atoms with Crippen LogP contribution in [0.3, 0.4) is 0 Å². The molecule has 0 aromatic carbocycles. The van der Waals surface area contributed by atoms with E-state index in [0.717, 1.165) is 11.8 Å². The van der Waals surface area contributed by atoms with Crippen LogP contribution in [0.25, 0.3) is 0 Å². The van der Waals surface area contributed by atoms with Crippen molar-refractivity contribution in [2.24, 2.45) is 5.84 Å². The standard InChI is InChI=1S/C12H14F2N4O/c1-7(5-8-3-2-4-19-8)16-11-9(13)6-10(14)12(17-11)18-15/h2-4,6-7H,5,15H2,1H3,(H2,16,17,18). The lowest BCUT2D eigenvalue weighted by Crippen LogP contribution is -2.21. The van der Waals surface area contributed by atoms with E-state index in [2.05, 4.69) is 15.7 Å². The van der Waals surface area contributed by atoms with E-state index < -0.39 is 11.6 Å². The van der Waals surface area contributed by atoms with Crippen LogP contribution in [0.4, 0.5) is 20.4 Å². The van der Waals surface area contributed by atoms with Gasteiger partial charge in [-0.3, -0.25) is 0 Å². The normalized spacial score (nSPS) is 12.2. The zero-order valence-corrected chi connectivity index (χ0v) is 10.3. The molecule has 5 nitrogen and oxygen atoms in total. The van der Waals surface area contributed by atoms with Gasteiger partial charge < -0.3 is 15.2 Å². The van der Waals surface area contributed by atoms with Crippen LogP contribution in [0.2, 0.25) is 0 Å². The molecule has 0 saturated heterocycles. The second-order valence-corrected chi connectivity index (χ2v) is 4.12. The van der Waals surface area contributed by atoms with E-state index in [0.29, 0.717) is 6.42 Å². The molecular weight excluding hydrogens is 254 g/mol. The number of hydrogen-bond acceptors (Lipinski definition) is 5. The third-order valence-electron chi connectivity index (χ3n) is 2.54. The molecule has 1 unspecified atom stereocenters. The lowest BCUT2D eigenvalue weighted by Gasteiger charge is -2.14. The number of nitrogens with two attached hydrogens (primary N) is 1. The van der Waals surface area contributed by atoms with Crippen LogP contribution in [-0.2, 0) is 6.42 Å². The smallest absolute Gasteiger partial charge is 0.178 e. The highest BCUT2D eigenvalue weighted by Gasteiger charge is 2.14. The fourth-order valence-corrected chi connectivity index (χ4v) is 1.68. The van der Waals surface area contributed by atoms with E-state index in [4.69, 9.17) is 10.3 Å². The first-order chi connectivity index (χ1) is 9.10. The second-order valence-electron chi connectivity index (χ2n) is 4.12. The molecule has 0 bridgehead atoms. The maximum atomic E-state index is 13.5. The first-order valence-electron chi connectivity index (χ1n) is 5.71. The molecule has 0 fully saturated rings. The van der Waals surface area contributed by atoms with E-state index in [1.165, 1.54) is 0 Å². The van der Waals surface area contributed by atoms with Crippen LogP contribution in [-0.4, -0.2) is 11.0 Å². The van der Waals surface area contributed by atoms with Crippen molar-refractivity contribution in [2.75, 3.05) is 10.7 Å². The highest BCUT2D eigenvalue weighted by molar-refractivity contribution is 5.47. The van der Waals surface area contributed by atoms with Crippen molar-refractivity contribution in [1.82, 2.24) is 4.98 Å².